The van der Waals surface area contributed by atoms with Gasteiger partial charge in [0.1, 0.15) is 11.6 Å². The van der Waals surface area contributed by atoms with Gasteiger partial charge in [-0.15, -0.1) is 0 Å². The van der Waals surface area contributed by atoms with Crippen LogP contribution in [-0.2, 0) is 19.6 Å². The van der Waals surface area contributed by atoms with Gasteiger partial charge in [0.25, 0.3) is 15.9 Å². The van der Waals surface area contributed by atoms with Gasteiger partial charge < -0.3 is 14.6 Å². The Morgan fingerprint density at radius 3 is 2.57 bits per heavy atom. The molecule has 11 heteroatoms. The Labute approximate surface area is 214 Å². The molecule has 3 aromatic rings. The van der Waals surface area contributed by atoms with Gasteiger partial charge in [0.05, 0.1) is 12.6 Å². The summed E-state index contributed by atoms with van der Waals surface area (Å²) in [6.45, 7) is 2.02. The molecule has 2 fully saturated rings. The number of ketones is 1. The van der Waals surface area contributed by atoms with Crippen molar-refractivity contribution in [2.24, 2.45) is 0 Å². The minimum Gasteiger partial charge on any atom is -0.451 e. The first-order chi connectivity index (χ1) is 17.8. The molecule has 2 amide bonds. The Bertz CT molecular complexity index is 1450. The highest BCUT2D eigenvalue weighted by atomic mass is 32.2. The van der Waals surface area contributed by atoms with Gasteiger partial charge >= 0.3 is 0 Å². The maximum absolute atomic E-state index is 13.4. The number of nitrogens with one attached hydrogen (secondary N) is 1. The van der Waals surface area contributed by atoms with Crippen molar-refractivity contribution in [2.45, 2.75) is 49.7 Å². The predicted molar refractivity (Wildman–Crippen MR) is 134 cm³/mol. The number of sulfonamides is 1. The number of rotatable bonds is 5. The molecule has 10 nitrogen and oxygen atoms in total. The Morgan fingerprint density at radius 2 is 1.81 bits per heavy atom. The van der Waals surface area contributed by atoms with E-state index < -0.39 is 33.8 Å². The molecular formula is C26H28N4O6S. The van der Waals surface area contributed by atoms with Gasteiger partial charge in [0.2, 0.25) is 5.91 Å². The molecule has 2 atom stereocenters. The van der Waals surface area contributed by atoms with Gasteiger partial charge in [-0.05, 0) is 50.8 Å². The molecular weight excluding hydrogens is 496 g/mol. The molecule has 0 aliphatic carbocycles. The van der Waals surface area contributed by atoms with Crippen LogP contribution in [0.5, 0.6) is 0 Å². The molecule has 2 saturated heterocycles. The van der Waals surface area contributed by atoms with Crippen LogP contribution in [0.1, 0.15) is 41.8 Å². The fourth-order valence-electron chi connectivity index (χ4n) is 5.04. The lowest BCUT2D eigenvalue weighted by molar-refractivity contribution is -0.130. The maximum Gasteiger partial charge on any atom is 0.290 e. The fraction of sp³-hybridized carbons (Fsp3) is 0.385. The highest BCUT2D eigenvalue weighted by molar-refractivity contribution is 7.89. The van der Waals surface area contributed by atoms with Crippen molar-refractivity contribution in [3.8, 4) is 0 Å². The number of pyridine rings is 1. The zero-order valence-corrected chi connectivity index (χ0v) is 21.2. The van der Waals surface area contributed by atoms with Crippen LogP contribution >= 0.6 is 0 Å². The number of para-hydroxylation sites is 1. The van der Waals surface area contributed by atoms with Crippen LogP contribution in [0, 0.1) is 6.92 Å². The fourth-order valence-corrected chi connectivity index (χ4v) is 6.42. The molecule has 2 aliphatic heterocycles. The molecule has 0 saturated carbocycles. The summed E-state index contributed by atoms with van der Waals surface area (Å²) in [5, 5.41) is 3.52. The van der Waals surface area contributed by atoms with E-state index in [-0.39, 0.29) is 29.8 Å². The molecule has 1 aromatic carbocycles. The van der Waals surface area contributed by atoms with Crippen molar-refractivity contribution in [1.29, 1.82) is 0 Å². The van der Waals surface area contributed by atoms with Crippen molar-refractivity contribution in [1.82, 2.24) is 19.5 Å². The van der Waals surface area contributed by atoms with E-state index in [0.29, 0.717) is 37.8 Å². The minimum atomic E-state index is -3.93. The second-order valence-corrected chi connectivity index (χ2v) is 11.3. The zero-order valence-electron chi connectivity index (χ0n) is 20.4. The summed E-state index contributed by atoms with van der Waals surface area (Å²) in [7, 11) is -3.93. The largest absolute Gasteiger partial charge is 0.451 e. The van der Waals surface area contributed by atoms with Crippen LogP contribution in [0.2, 0.25) is 0 Å². The molecule has 0 bridgehead atoms. The van der Waals surface area contributed by atoms with Gasteiger partial charge in [0.15, 0.2) is 16.6 Å². The highest BCUT2D eigenvalue weighted by Gasteiger charge is 2.39. The van der Waals surface area contributed by atoms with Crippen molar-refractivity contribution < 1.29 is 27.2 Å². The highest BCUT2D eigenvalue weighted by Crippen LogP contribution is 2.29. The zero-order chi connectivity index (χ0) is 26.2. The number of carbonyl (C=O) groups is 3. The minimum absolute atomic E-state index is 0.119. The summed E-state index contributed by atoms with van der Waals surface area (Å²) in [5.74, 6) is -0.957. The van der Waals surface area contributed by atoms with Crippen LogP contribution in [0.25, 0.3) is 11.0 Å². The Balaban J connectivity index is 1.28. The maximum atomic E-state index is 13.4. The normalized spacial score (nSPS) is 21.2. The van der Waals surface area contributed by atoms with E-state index in [4.69, 9.17) is 4.42 Å². The Hall–Kier alpha value is -3.57. The first-order valence-electron chi connectivity index (χ1n) is 12.3. The van der Waals surface area contributed by atoms with Gasteiger partial charge in [-0.25, -0.2) is 13.4 Å². The Morgan fingerprint density at radius 1 is 1.05 bits per heavy atom. The number of likely N-dealkylation sites (tertiary alicyclic amines) is 1. The molecule has 4 heterocycles. The number of hydrogen-bond donors (Lipinski definition) is 1. The molecule has 0 radical (unpaired) electrons. The first-order valence-corrected chi connectivity index (χ1v) is 13.7. The second kappa shape index (κ2) is 10.1. The third kappa shape index (κ3) is 4.76. The molecule has 2 aliphatic rings. The number of furan rings is 1. The average molecular weight is 525 g/mol. The summed E-state index contributed by atoms with van der Waals surface area (Å²) in [4.78, 5) is 45.0. The summed E-state index contributed by atoms with van der Waals surface area (Å²) < 4.78 is 32.8. The van der Waals surface area contributed by atoms with Crippen molar-refractivity contribution in [3.63, 3.8) is 0 Å². The molecule has 1 N–H and O–H groups in total. The summed E-state index contributed by atoms with van der Waals surface area (Å²) in [6, 6.07) is 10.4. The number of benzene rings is 1. The van der Waals surface area contributed by atoms with Gasteiger partial charge in [-0.2, -0.15) is 4.31 Å². The Kier molecular flexibility index (Phi) is 6.82. The van der Waals surface area contributed by atoms with Gasteiger partial charge in [-0.3, -0.25) is 14.4 Å². The van der Waals surface area contributed by atoms with Crippen LogP contribution in [0.4, 0.5) is 0 Å². The topological polar surface area (TPSA) is 130 Å². The van der Waals surface area contributed by atoms with E-state index >= 15 is 0 Å². The van der Waals surface area contributed by atoms with Crippen LogP contribution in [0.3, 0.4) is 0 Å². The summed E-state index contributed by atoms with van der Waals surface area (Å²) >= 11 is 0. The second-order valence-electron chi connectivity index (χ2n) is 9.39. The number of aromatic nitrogens is 1. The smallest absolute Gasteiger partial charge is 0.290 e. The quantitative estimate of drug-likeness (QED) is 0.542. The molecule has 5 rings (SSSR count). The molecule has 2 aromatic heterocycles. The first kappa shape index (κ1) is 25.1. The van der Waals surface area contributed by atoms with Gasteiger partial charge in [0, 0.05) is 30.2 Å². The lowest BCUT2D eigenvalue weighted by Gasteiger charge is -2.25. The summed E-state index contributed by atoms with van der Waals surface area (Å²) in [6.07, 6.45) is 3.21. The monoisotopic (exact) mass is 524 g/mol. The van der Waals surface area contributed by atoms with E-state index in [1.165, 1.54) is 17.2 Å². The van der Waals surface area contributed by atoms with Crippen LogP contribution in [-0.4, -0.2) is 71.9 Å². The van der Waals surface area contributed by atoms with E-state index in [9.17, 15) is 22.8 Å². The van der Waals surface area contributed by atoms with Crippen LogP contribution in [0.15, 0.2) is 58.1 Å². The number of fused-ring (bicyclic) bond motifs is 1. The van der Waals surface area contributed by atoms with Crippen molar-refractivity contribution >= 4 is 38.6 Å². The van der Waals surface area contributed by atoms with E-state index in [2.05, 4.69) is 10.3 Å². The number of carbonyl (C=O) groups excluding carboxylic acids is 3. The SMILES string of the molecule is Cc1c(C(=O)N2CCC[C@H]2C(=O)NC2CCCN(S(=O)(=O)c3ccccn3)CC2=O)oc2ccccc12. The number of amides is 2. The molecule has 37 heavy (non-hydrogen) atoms. The summed E-state index contributed by atoms with van der Waals surface area (Å²) in [5.41, 5.74) is 1.33. The van der Waals surface area contributed by atoms with E-state index in [1.807, 2.05) is 25.1 Å². The van der Waals surface area contributed by atoms with Crippen molar-refractivity contribution in [3.05, 3.63) is 60.0 Å². The van der Waals surface area contributed by atoms with E-state index in [1.54, 1.807) is 18.2 Å². The lowest BCUT2D eigenvalue weighted by Crippen LogP contribution is -2.51. The number of nitrogens with zero attached hydrogens (tertiary/aromatic N) is 3. The molecule has 1 unspecified atom stereocenters. The predicted octanol–water partition coefficient (Wildman–Crippen LogP) is 2.28. The van der Waals surface area contributed by atoms with E-state index in [0.717, 1.165) is 15.3 Å². The number of hydrogen-bond acceptors (Lipinski definition) is 7. The molecule has 194 valence electrons. The third-order valence-electron chi connectivity index (χ3n) is 7.03. The number of Topliss-reactive ketones (excluding diaryl/α,β-unsaturated/α-hetero) is 1. The standard InChI is InChI=1S/C26H28N4O6S/c1-17-18-8-2-3-11-22(18)36-24(17)26(33)30-15-7-10-20(30)25(32)28-19-9-6-14-29(16-21(19)31)37(34,35)23-12-4-5-13-27-23/h2-5,8,11-13,19-20H,6-7,9-10,14-16H2,1H3,(H,28,32)/t19?,20-/m0/s1. The third-order valence-corrected chi connectivity index (χ3v) is 8.80. The molecule has 0 spiro atoms. The van der Waals surface area contributed by atoms with Crippen LogP contribution < -0.4 is 5.32 Å². The van der Waals surface area contributed by atoms with Crippen molar-refractivity contribution in [2.75, 3.05) is 19.6 Å². The average Bonchev–Trinajstić information content (AvgIpc) is 3.47. The van der Waals surface area contributed by atoms with Gasteiger partial charge in [-0.1, -0.05) is 24.3 Å². The number of aryl methyl sites for hydroxylation is 1. The lowest BCUT2D eigenvalue weighted by atomic mass is 10.1.